The van der Waals surface area contributed by atoms with Gasteiger partial charge >= 0.3 is 6.09 Å². The van der Waals surface area contributed by atoms with Gasteiger partial charge in [0.05, 0.1) is 18.9 Å². The van der Waals surface area contributed by atoms with Crippen LogP contribution in [-0.4, -0.2) is 81.1 Å². The maximum atomic E-state index is 14.2. The summed E-state index contributed by atoms with van der Waals surface area (Å²) in [4.78, 5) is 61.1. The van der Waals surface area contributed by atoms with Gasteiger partial charge in [0.15, 0.2) is 0 Å². The minimum Gasteiger partial charge on any atom is -0.445 e. The van der Waals surface area contributed by atoms with E-state index in [0.29, 0.717) is 22.8 Å². The van der Waals surface area contributed by atoms with Crippen LogP contribution in [0.4, 0.5) is 9.18 Å². The first-order chi connectivity index (χ1) is 21.8. The van der Waals surface area contributed by atoms with Crippen molar-refractivity contribution < 1.29 is 33.0 Å². The summed E-state index contributed by atoms with van der Waals surface area (Å²) in [6.07, 6.45) is 3.14. The fourth-order valence-corrected chi connectivity index (χ4v) is 6.46. The summed E-state index contributed by atoms with van der Waals surface area (Å²) in [6, 6.07) is 13.4. The molecule has 3 amide bonds. The number of Topliss-reactive ketones (excluding diaryl/α,β-unsaturated/α-hetero) is 1. The van der Waals surface area contributed by atoms with Crippen molar-refractivity contribution in [2.45, 2.75) is 32.9 Å². The summed E-state index contributed by atoms with van der Waals surface area (Å²) in [6.45, 7) is 2.89. The molecule has 1 N–H and O–H groups in total. The molecule has 1 atom stereocenters. The van der Waals surface area contributed by atoms with E-state index in [-0.39, 0.29) is 58.8 Å². The van der Waals surface area contributed by atoms with Crippen LogP contribution < -0.4 is 5.32 Å². The lowest BCUT2D eigenvalue weighted by molar-refractivity contribution is -0.158. The zero-order valence-corrected chi connectivity index (χ0v) is 24.8. The number of nitrogens with one attached hydrogen (secondary N) is 1. The number of nitrogens with zero attached hydrogens (tertiary/aromatic N) is 5. The third-order valence-corrected chi connectivity index (χ3v) is 8.75. The number of hydrogen-bond acceptors (Lipinski definition) is 8. The smallest absolute Gasteiger partial charge is 0.410 e. The summed E-state index contributed by atoms with van der Waals surface area (Å²) >= 11 is 0. The monoisotopic (exact) mass is 616 g/mol. The molecule has 0 aliphatic carbocycles. The van der Waals surface area contributed by atoms with Crippen LogP contribution >= 0.6 is 0 Å². The van der Waals surface area contributed by atoms with E-state index >= 15 is 0 Å². The fraction of sp³-hybridized carbons (Fsp3) is 0.375. The van der Waals surface area contributed by atoms with E-state index in [1.165, 1.54) is 34.1 Å². The fourth-order valence-electron chi connectivity index (χ4n) is 6.46. The first kappa shape index (κ1) is 30.1. The lowest BCUT2D eigenvalue weighted by Gasteiger charge is -2.51. The Hall–Kier alpha value is -4.91. The topological polar surface area (TPSA) is 136 Å². The highest BCUT2D eigenvalue weighted by Crippen LogP contribution is 2.50. The first-order valence-corrected chi connectivity index (χ1v) is 14.8. The Kier molecular flexibility index (Phi) is 8.44. The van der Waals surface area contributed by atoms with Crippen LogP contribution in [0.3, 0.4) is 0 Å². The molecule has 6 rings (SSSR count). The third-order valence-electron chi connectivity index (χ3n) is 8.75. The summed E-state index contributed by atoms with van der Waals surface area (Å²) in [7, 11) is 0. The number of hydrogen-bond donors (Lipinski definition) is 1. The van der Waals surface area contributed by atoms with Gasteiger partial charge in [-0.3, -0.25) is 14.4 Å². The Balaban J connectivity index is 1.24. The lowest BCUT2D eigenvalue weighted by atomic mass is 9.61. The Bertz CT molecular complexity index is 1650. The SMILES string of the molecule is Cc1ncnn1-c1cc(F)ccc1CNC(=O)C1C(=O)C(=O)N2CCOCC=C2C12CCN(C(=O)OCc1ccccc1)CC2. The molecule has 2 fully saturated rings. The molecule has 1 unspecified atom stereocenters. The predicted octanol–water partition coefficient (Wildman–Crippen LogP) is 2.69. The van der Waals surface area contributed by atoms with Crippen LogP contribution in [0.2, 0.25) is 0 Å². The molecule has 13 heteroatoms. The zero-order chi connectivity index (χ0) is 31.6. The molecule has 234 valence electrons. The molecule has 2 aromatic carbocycles. The first-order valence-electron chi connectivity index (χ1n) is 14.8. The average Bonchev–Trinajstić information content (AvgIpc) is 3.32. The number of carbonyl (C=O) groups is 4. The summed E-state index contributed by atoms with van der Waals surface area (Å²) in [5.74, 6) is -3.48. The summed E-state index contributed by atoms with van der Waals surface area (Å²) in [5, 5.41) is 7.00. The molecule has 4 heterocycles. The standard InChI is InChI=1S/C32H33FN6O6/c1-21-35-20-36-39(21)25-17-24(33)8-7-23(25)18-34-29(41)27-28(40)30(42)38-14-16-44-15-9-26(38)32(27)10-12-37(13-11-32)31(43)45-19-22-5-3-2-4-6-22/h2-9,17,20,27H,10-16,18-19H2,1H3,(H,34,41). The van der Waals surface area contributed by atoms with Crippen molar-refractivity contribution in [2.24, 2.45) is 11.3 Å². The second-order valence-electron chi connectivity index (χ2n) is 11.3. The highest BCUT2D eigenvalue weighted by Gasteiger charge is 2.59. The van der Waals surface area contributed by atoms with Crippen LogP contribution in [0.5, 0.6) is 0 Å². The molecule has 2 saturated heterocycles. The van der Waals surface area contributed by atoms with Crippen molar-refractivity contribution in [3.8, 4) is 5.69 Å². The molecule has 3 aliphatic rings. The van der Waals surface area contributed by atoms with Gasteiger partial charge in [-0.25, -0.2) is 18.9 Å². The predicted molar refractivity (Wildman–Crippen MR) is 157 cm³/mol. The maximum absolute atomic E-state index is 14.2. The number of ether oxygens (including phenoxy) is 2. The number of ketones is 1. The normalized spacial score (nSPS) is 19.5. The third kappa shape index (κ3) is 5.82. The lowest BCUT2D eigenvalue weighted by Crippen LogP contribution is -2.62. The van der Waals surface area contributed by atoms with Crippen molar-refractivity contribution in [1.29, 1.82) is 0 Å². The molecule has 12 nitrogen and oxygen atoms in total. The second-order valence-corrected chi connectivity index (χ2v) is 11.3. The van der Waals surface area contributed by atoms with Gasteiger partial charge in [0.2, 0.25) is 11.7 Å². The van der Waals surface area contributed by atoms with Crippen molar-refractivity contribution >= 4 is 23.7 Å². The number of amides is 3. The average molecular weight is 617 g/mol. The van der Waals surface area contributed by atoms with Gasteiger partial charge in [-0.15, -0.1) is 0 Å². The second kappa shape index (κ2) is 12.6. The van der Waals surface area contributed by atoms with Gasteiger partial charge in [0, 0.05) is 37.3 Å². The van der Waals surface area contributed by atoms with Gasteiger partial charge in [0.25, 0.3) is 5.91 Å². The molecule has 0 bridgehead atoms. The number of halogens is 1. The van der Waals surface area contributed by atoms with Gasteiger partial charge in [-0.1, -0.05) is 36.4 Å². The van der Waals surface area contributed by atoms with E-state index < -0.39 is 40.8 Å². The van der Waals surface area contributed by atoms with E-state index in [1.807, 2.05) is 30.3 Å². The molecule has 45 heavy (non-hydrogen) atoms. The van der Waals surface area contributed by atoms with E-state index in [4.69, 9.17) is 9.47 Å². The number of rotatable bonds is 6. The number of carbonyl (C=O) groups excluding carboxylic acids is 4. The molecule has 0 radical (unpaired) electrons. The Labute approximate surface area is 258 Å². The van der Waals surface area contributed by atoms with E-state index in [9.17, 15) is 23.6 Å². The van der Waals surface area contributed by atoms with Crippen LogP contribution in [0.25, 0.3) is 5.69 Å². The van der Waals surface area contributed by atoms with Crippen LogP contribution in [-0.2, 0) is 37.0 Å². The molecule has 1 spiro atoms. The van der Waals surface area contributed by atoms with E-state index in [0.717, 1.165) is 5.56 Å². The highest BCUT2D eigenvalue weighted by molar-refractivity contribution is 6.42. The van der Waals surface area contributed by atoms with Gasteiger partial charge < -0.3 is 24.6 Å². The Morgan fingerprint density at radius 2 is 1.89 bits per heavy atom. The molecular formula is C32H33FN6O6. The Morgan fingerprint density at radius 3 is 2.62 bits per heavy atom. The molecule has 0 saturated carbocycles. The number of benzene rings is 2. The van der Waals surface area contributed by atoms with Crippen LogP contribution in [0, 0.1) is 24.1 Å². The van der Waals surface area contributed by atoms with Crippen molar-refractivity contribution in [3.63, 3.8) is 0 Å². The van der Waals surface area contributed by atoms with Crippen LogP contribution in [0.15, 0.2) is 66.6 Å². The van der Waals surface area contributed by atoms with Crippen molar-refractivity contribution in [3.05, 3.63) is 89.4 Å². The number of allylic oxidation sites excluding steroid dienone is 1. The summed E-state index contributed by atoms with van der Waals surface area (Å²) in [5.41, 5.74) is 1.32. The quantitative estimate of drug-likeness (QED) is 0.330. The molecular weight excluding hydrogens is 583 g/mol. The molecule has 3 aromatic rings. The minimum atomic E-state index is -1.33. The maximum Gasteiger partial charge on any atom is 0.410 e. The molecule has 1 aromatic heterocycles. The number of fused-ring (bicyclic) bond motifs is 2. The van der Waals surface area contributed by atoms with E-state index in [2.05, 4.69) is 15.4 Å². The van der Waals surface area contributed by atoms with Crippen molar-refractivity contribution in [1.82, 2.24) is 29.9 Å². The van der Waals surface area contributed by atoms with E-state index in [1.54, 1.807) is 17.9 Å². The zero-order valence-electron chi connectivity index (χ0n) is 24.8. The minimum absolute atomic E-state index is 0.0500. The van der Waals surface area contributed by atoms with Gasteiger partial charge in [-0.2, -0.15) is 5.10 Å². The number of likely N-dealkylation sites (tertiary alicyclic amines) is 1. The highest BCUT2D eigenvalue weighted by atomic mass is 19.1. The van der Waals surface area contributed by atoms with Crippen molar-refractivity contribution in [2.75, 3.05) is 32.8 Å². The van der Waals surface area contributed by atoms with Gasteiger partial charge in [0.1, 0.15) is 30.5 Å². The Morgan fingerprint density at radius 1 is 1.11 bits per heavy atom. The number of aromatic nitrogens is 3. The number of piperidine rings is 2. The van der Waals surface area contributed by atoms with Crippen LogP contribution in [0.1, 0.15) is 29.8 Å². The summed E-state index contributed by atoms with van der Waals surface area (Å²) < 4.78 is 26.8. The number of aryl methyl sites for hydroxylation is 1. The van der Waals surface area contributed by atoms with Gasteiger partial charge in [-0.05, 0) is 49.1 Å². The largest absolute Gasteiger partial charge is 0.445 e. The molecule has 3 aliphatic heterocycles.